The molecular formula is C22H25F2N3O4S. The Bertz CT molecular complexity index is 1090. The van der Waals surface area contributed by atoms with Gasteiger partial charge < -0.3 is 4.74 Å². The van der Waals surface area contributed by atoms with E-state index in [1.807, 2.05) is 6.92 Å². The Hall–Kier alpha value is -2.85. The fraction of sp³-hybridized carbons (Fsp3) is 0.364. The number of benzene rings is 2. The van der Waals surface area contributed by atoms with Crippen molar-refractivity contribution in [1.29, 1.82) is 0 Å². The van der Waals surface area contributed by atoms with E-state index in [1.54, 1.807) is 43.3 Å². The van der Waals surface area contributed by atoms with Crippen LogP contribution in [0, 0.1) is 12.8 Å². The van der Waals surface area contributed by atoms with Crippen LogP contribution in [0.5, 0.6) is 5.75 Å². The zero-order valence-corrected chi connectivity index (χ0v) is 18.6. The van der Waals surface area contributed by atoms with Crippen LogP contribution in [-0.2, 0) is 14.8 Å². The summed E-state index contributed by atoms with van der Waals surface area (Å²) in [6.45, 7) is 0.972. The van der Waals surface area contributed by atoms with Gasteiger partial charge in [-0.2, -0.15) is 18.2 Å². The minimum atomic E-state index is -3.69. The summed E-state index contributed by atoms with van der Waals surface area (Å²) in [5, 5.41) is 4.05. The molecule has 2 aromatic rings. The van der Waals surface area contributed by atoms with Crippen LogP contribution < -0.4 is 10.2 Å². The monoisotopic (exact) mass is 465 g/mol. The highest BCUT2D eigenvalue weighted by Gasteiger charge is 2.33. The van der Waals surface area contributed by atoms with Crippen LogP contribution in [0.2, 0.25) is 0 Å². The maximum atomic E-state index is 12.9. The number of hydrogen-bond donors (Lipinski definition) is 1. The van der Waals surface area contributed by atoms with E-state index in [1.165, 1.54) is 16.4 Å². The molecule has 0 aromatic heterocycles. The zero-order valence-electron chi connectivity index (χ0n) is 17.8. The Morgan fingerprint density at radius 2 is 1.94 bits per heavy atom. The Kier molecular flexibility index (Phi) is 7.57. The second kappa shape index (κ2) is 10.2. The van der Waals surface area contributed by atoms with Crippen LogP contribution in [0.25, 0.3) is 0 Å². The number of nitrogens with zero attached hydrogens (tertiary/aromatic N) is 2. The molecule has 1 amide bonds. The van der Waals surface area contributed by atoms with Gasteiger partial charge in [0, 0.05) is 18.7 Å². The summed E-state index contributed by atoms with van der Waals surface area (Å²) in [6, 6.07) is 12.6. The van der Waals surface area contributed by atoms with Gasteiger partial charge in [0.25, 0.3) is 0 Å². The van der Waals surface area contributed by atoms with Crippen molar-refractivity contribution in [2.75, 3.05) is 13.1 Å². The van der Waals surface area contributed by atoms with E-state index in [9.17, 15) is 22.0 Å². The number of halogens is 2. The topological polar surface area (TPSA) is 88.1 Å². The lowest BCUT2D eigenvalue weighted by molar-refractivity contribution is -0.126. The maximum absolute atomic E-state index is 12.9. The molecular weight excluding hydrogens is 440 g/mol. The molecule has 1 heterocycles. The van der Waals surface area contributed by atoms with E-state index < -0.39 is 28.5 Å². The molecule has 0 saturated carbocycles. The molecule has 32 heavy (non-hydrogen) atoms. The standard InChI is InChI=1S/C22H25F2N3O4S/c1-15-8-10-20(11-9-15)32(29,30)27-12-4-6-18(14-27)21(28)26-25-16(2)17-5-3-7-19(13-17)31-22(23)24/h3,5,7-11,13,18,22H,4,6,12,14H2,1-2H3,(H,26,28). The molecule has 1 fully saturated rings. The second-order valence-corrected chi connectivity index (χ2v) is 9.53. The molecule has 1 saturated heterocycles. The third-order valence-corrected chi connectivity index (χ3v) is 7.10. The number of carbonyl (C=O) groups is 1. The van der Waals surface area contributed by atoms with Crippen molar-refractivity contribution >= 4 is 21.6 Å². The van der Waals surface area contributed by atoms with Crippen LogP contribution >= 0.6 is 0 Å². The van der Waals surface area contributed by atoms with Gasteiger partial charge in [-0.05, 0) is 51.0 Å². The predicted octanol–water partition coefficient (Wildman–Crippen LogP) is 3.54. The fourth-order valence-corrected chi connectivity index (χ4v) is 4.95. The summed E-state index contributed by atoms with van der Waals surface area (Å²) in [7, 11) is -3.69. The highest BCUT2D eigenvalue weighted by molar-refractivity contribution is 7.89. The first-order valence-corrected chi connectivity index (χ1v) is 11.6. The van der Waals surface area contributed by atoms with Crippen molar-refractivity contribution in [2.45, 2.75) is 38.2 Å². The van der Waals surface area contributed by atoms with Crippen molar-refractivity contribution in [3.05, 3.63) is 59.7 Å². The number of sulfonamides is 1. The Morgan fingerprint density at radius 3 is 2.62 bits per heavy atom. The summed E-state index contributed by atoms with van der Waals surface area (Å²) in [6.07, 6.45) is 1.09. The first-order valence-electron chi connectivity index (χ1n) is 10.1. The first kappa shape index (κ1) is 23.8. The number of aryl methyl sites for hydroxylation is 1. The van der Waals surface area contributed by atoms with Gasteiger partial charge in [0.05, 0.1) is 16.5 Å². The van der Waals surface area contributed by atoms with Crippen molar-refractivity contribution in [3.8, 4) is 5.75 Å². The third-order valence-electron chi connectivity index (χ3n) is 5.22. The molecule has 1 aliphatic rings. The number of carbonyl (C=O) groups excluding carboxylic acids is 1. The van der Waals surface area contributed by atoms with Crippen molar-refractivity contribution in [2.24, 2.45) is 11.0 Å². The molecule has 0 aliphatic carbocycles. The number of hydrazone groups is 1. The largest absolute Gasteiger partial charge is 0.435 e. The highest BCUT2D eigenvalue weighted by atomic mass is 32.2. The second-order valence-electron chi connectivity index (χ2n) is 7.59. The quantitative estimate of drug-likeness (QED) is 0.501. The SMILES string of the molecule is CC(=NNC(=O)C1CCCN(S(=O)(=O)c2ccc(C)cc2)C1)c1cccc(OC(F)F)c1. The molecule has 172 valence electrons. The maximum Gasteiger partial charge on any atom is 0.387 e. The molecule has 1 unspecified atom stereocenters. The third kappa shape index (κ3) is 5.89. The smallest absolute Gasteiger partial charge is 0.387 e. The van der Waals surface area contributed by atoms with Crippen LogP contribution in [0.4, 0.5) is 8.78 Å². The van der Waals surface area contributed by atoms with Gasteiger partial charge in [-0.15, -0.1) is 0 Å². The van der Waals surface area contributed by atoms with Gasteiger partial charge in [-0.25, -0.2) is 13.8 Å². The molecule has 0 spiro atoms. The highest BCUT2D eigenvalue weighted by Crippen LogP contribution is 2.24. The summed E-state index contributed by atoms with van der Waals surface area (Å²) in [5.74, 6) is -0.954. The van der Waals surface area contributed by atoms with E-state index >= 15 is 0 Å². The molecule has 1 aliphatic heterocycles. The molecule has 7 nitrogen and oxygen atoms in total. The lowest BCUT2D eigenvalue weighted by atomic mass is 9.99. The summed E-state index contributed by atoms with van der Waals surface area (Å²) in [4.78, 5) is 12.8. The number of piperidine rings is 1. The van der Waals surface area contributed by atoms with Crippen LogP contribution in [-0.4, -0.2) is 44.0 Å². The van der Waals surface area contributed by atoms with Gasteiger partial charge in [-0.1, -0.05) is 29.8 Å². The average Bonchev–Trinajstić information content (AvgIpc) is 2.77. The fourth-order valence-electron chi connectivity index (χ4n) is 3.43. The Balaban J connectivity index is 1.66. The molecule has 2 aromatic carbocycles. The van der Waals surface area contributed by atoms with E-state index in [0.717, 1.165) is 5.56 Å². The number of rotatable bonds is 7. The van der Waals surface area contributed by atoms with E-state index in [-0.39, 0.29) is 17.2 Å². The summed E-state index contributed by atoms with van der Waals surface area (Å²) < 4.78 is 56.4. The molecule has 1 N–H and O–H groups in total. The first-order chi connectivity index (χ1) is 15.2. The number of ether oxygens (including phenoxy) is 1. The number of alkyl halides is 2. The molecule has 10 heteroatoms. The number of nitrogens with one attached hydrogen (secondary N) is 1. The Morgan fingerprint density at radius 1 is 1.22 bits per heavy atom. The molecule has 3 rings (SSSR count). The molecule has 1 atom stereocenters. The van der Waals surface area contributed by atoms with Crippen LogP contribution in [0.3, 0.4) is 0 Å². The lowest BCUT2D eigenvalue weighted by Crippen LogP contribution is -2.44. The van der Waals surface area contributed by atoms with Gasteiger partial charge in [-0.3, -0.25) is 4.79 Å². The van der Waals surface area contributed by atoms with Crippen molar-refractivity contribution in [3.63, 3.8) is 0 Å². The lowest BCUT2D eigenvalue weighted by Gasteiger charge is -2.30. The van der Waals surface area contributed by atoms with E-state index in [0.29, 0.717) is 30.7 Å². The van der Waals surface area contributed by atoms with Gasteiger partial charge in [0.1, 0.15) is 5.75 Å². The van der Waals surface area contributed by atoms with Crippen molar-refractivity contribution < 1.29 is 26.7 Å². The van der Waals surface area contributed by atoms with Crippen LogP contribution in [0.1, 0.15) is 30.9 Å². The molecule has 0 radical (unpaired) electrons. The summed E-state index contributed by atoms with van der Waals surface area (Å²) in [5.41, 5.74) is 4.34. The number of hydrogen-bond acceptors (Lipinski definition) is 5. The zero-order chi connectivity index (χ0) is 23.3. The van der Waals surface area contributed by atoms with Gasteiger partial charge in [0.2, 0.25) is 15.9 Å². The summed E-state index contributed by atoms with van der Waals surface area (Å²) >= 11 is 0. The van der Waals surface area contributed by atoms with E-state index in [2.05, 4.69) is 15.3 Å². The number of amides is 1. The molecule has 0 bridgehead atoms. The van der Waals surface area contributed by atoms with Crippen molar-refractivity contribution in [1.82, 2.24) is 9.73 Å². The minimum Gasteiger partial charge on any atom is -0.435 e. The predicted molar refractivity (Wildman–Crippen MR) is 116 cm³/mol. The van der Waals surface area contributed by atoms with Crippen LogP contribution in [0.15, 0.2) is 58.5 Å². The van der Waals surface area contributed by atoms with E-state index in [4.69, 9.17) is 0 Å². The van der Waals surface area contributed by atoms with Gasteiger partial charge >= 0.3 is 6.61 Å². The van der Waals surface area contributed by atoms with Gasteiger partial charge in [0.15, 0.2) is 0 Å². The average molecular weight is 466 g/mol. The normalized spacial score (nSPS) is 17.9. The minimum absolute atomic E-state index is 0.0115. The Labute approximate surface area is 186 Å².